The highest BCUT2D eigenvalue weighted by atomic mass is 79.9. The van der Waals surface area contributed by atoms with Gasteiger partial charge in [0.25, 0.3) is 5.91 Å². The van der Waals surface area contributed by atoms with Crippen LogP contribution in [0.15, 0.2) is 59.1 Å². The molecule has 0 aliphatic carbocycles. The van der Waals surface area contributed by atoms with Gasteiger partial charge in [0.2, 0.25) is 5.91 Å². The Bertz CT molecular complexity index is 765. The Balaban J connectivity index is 1.63. The van der Waals surface area contributed by atoms with Crippen molar-refractivity contribution in [1.29, 1.82) is 0 Å². The molecule has 2 rings (SSSR count). The highest BCUT2D eigenvalue weighted by molar-refractivity contribution is 9.10. The number of benzene rings is 2. The quantitative estimate of drug-likeness (QED) is 0.534. The Hall–Kier alpha value is -2.67. The number of esters is 1. The van der Waals surface area contributed by atoms with Crippen LogP contribution < -0.4 is 10.9 Å². The molecule has 0 unspecified atom stereocenters. The molecule has 136 valence electrons. The van der Waals surface area contributed by atoms with Crippen molar-refractivity contribution in [3.05, 3.63) is 70.2 Å². The molecule has 26 heavy (non-hydrogen) atoms. The Morgan fingerprint density at radius 3 is 2.31 bits per heavy atom. The summed E-state index contributed by atoms with van der Waals surface area (Å²) in [6.07, 6.45) is 0.507. The first-order valence-corrected chi connectivity index (χ1v) is 8.89. The van der Waals surface area contributed by atoms with E-state index in [1.165, 1.54) is 0 Å². The third-order valence-corrected chi connectivity index (χ3v) is 4.18. The Kier molecular flexibility index (Phi) is 7.82. The molecule has 0 saturated carbocycles. The van der Waals surface area contributed by atoms with Gasteiger partial charge in [-0.25, -0.2) is 0 Å². The van der Waals surface area contributed by atoms with E-state index >= 15 is 0 Å². The summed E-state index contributed by atoms with van der Waals surface area (Å²) in [5.74, 6) is -1.37. The van der Waals surface area contributed by atoms with E-state index in [0.717, 1.165) is 5.56 Å². The zero-order valence-corrected chi connectivity index (χ0v) is 15.6. The maximum atomic E-state index is 11.9. The van der Waals surface area contributed by atoms with E-state index in [-0.39, 0.29) is 19.4 Å². The van der Waals surface area contributed by atoms with Crippen molar-refractivity contribution in [1.82, 2.24) is 10.9 Å². The lowest BCUT2D eigenvalue weighted by molar-refractivity contribution is -0.144. The van der Waals surface area contributed by atoms with Gasteiger partial charge in [0.15, 0.2) is 0 Å². The Morgan fingerprint density at radius 1 is 0.885 bits per heavy atom. The van der Waals surface area contributed by atoms with Gasteiger partial charge < -0.3 is 4.74 Å². The van der Waals surface area contributed by atoms with Crippen LogP contribution >= 0.6 is 15.9 Å². The summed E-state index contributed by atoms with van der Waals surface area (Å²) in [6, 6.07) is 16.5. The minimum atomic E-state index is -0.467. The second-order valence-corrected chi connectivity index (χ2v) is 6.29. The van der Waals surface area contributed by atoms with Crippen LogP contribution in [0.2, 0.25) is 0 Å². The molecular weight excluding hydrogens is 400 g/mol. The molecule has 0 saturated heterocycles. The summed E-state index contributed by atoms with van der Waals surface area (Å²) < 4.78 is 5.71. The van der Waals surface area contributed by atoms with E-state index in [4.69, 9.17) is 4.74 Å². The molecule has 0 aromatic heterocycles. The first-order chi connectivity index (χ1) is 12.6. The summed E-state index contributed by atoms with van der Waals surface area (Å²) >= 11 is 3.26. The number of nitrogens with one attached hydrogen (secondary N) is 2. The van der Waals surface area contributed by atoms with Crippen LogP contribution in [0.3, 0.4) is 0 Å². The number of amides is 2. The van der Waals surface area contributed by atoms with Crippen molar-refractivity contribution < 1.29 is 19.1 Å². The third-order valence-electron chi connectivity index (χ3n) is 3.49. The van der Waals surface area contributed by atoms with E-state index in [1.54, 1.807) is 24.3 Å². The van der Waals surface area contributed by atoms with Crippen LogP contribution in [-0.4, -0.2) is 24.4 Å². The van der Waals surface area contributed by atoms with Crippen LogP contribution in [0.4, 0.5) is 0 Å². The van der Waals surface area contributed by atoms with Crippen molar-refractivity contribution in [2.75, 3.05) is 6.61 Å². The van der Waals surface area contributed by atoms with Gasteiger partial charge in [-0.1, -0.05) is 42.5 Å². The number of hydrogen-bond donors (Lipinski definition) is 2. The van der Waals surface area contributed by atoms with Gasteiger partial charge in [-0.05, 0) is 33.6 Å². The van der Waals surface area contributed by atoms with Gasteiger partial charge in [0.1, 0.15) is 0 Å². The average Bonchev–Trinajstić information content (AvgIpc) is 2.65. The zero-order valence-electron chi connectivity index (χ0n) is 14.0. The van der Waals surface area contributed by atoms with Crippen molar-refractivity contribution in [3.63, 3.8) is 0 Å². The monoisotopic (exact) mass is 418 g/mol. The van der Waals surface area contributed by atoms with Crippen molar-refractivity contribution in [2.45, 2.75) is 19.3 Å². The zero-order chi connectivity index (χ0) is 18.8. The minimum absolute atomic E-state index is 0.0501. The van der Waals surface area contributed by atoms with Gasteiger partial charge in [-0.2, -0.15) is 0 Å². The van der Waals surface area contributed by atoms with Crippen LogP contribution in [0, 0.1) is 0 Å². The van der Waals surface area contributed by atoms with E-state index in [2.05, 4.69) is 26.8 Å². The van der Waals surface area contributed by atoms with E-state index in [0.29, 0.717) is 16.5 Å². The second-order valence-electron chi connectivity index (χ2n) is 5.44. The Morgan fingerprint density at radius 2 is 1.58 bits per heavy atom. The fourth-order valence-corrected chi connectivity index (χ4v) is 2.58. The highest BCUT2D eigenvalue weighted by Crippen LogP contribution is 2.15. The number of hydrogen-bond acceptors (Lipinski definition) is 4. The van der Waals surface area contributed by atoms with E-state index in [9.17, 15) is 14.4 Å². The van der Waals surface area contributed by atoms with Crippen LogP contribution in [0.25, 0.3) is 0 Å². The molecule has 7 heteroatoms. The van der Waals surface area contributed by atoms with Crippen LogP contribution in [-0.2, 0) is 20.7 Å². The Labute approximate surface area is 160 Å². The van der Waals surface area contributed by atoms with E-state index < -0.39 is 17.8 Å². The average molecular weight is 419 g/mol. The minimum Gasteiger partial charge on any atom is -0.465 e. The summed E-state index contributed by atoms with van der Waals surface area (Å²) in [5, 5.41) is 0. The van der Waals surface area contributed by atoms with Crippen molar-refractivity contribution >= 4 is 33.7 Å². The topological polar surface area (TPSA) is 84.5 Å². The lowest BCUT2D eigenvalue weighted by atomic mass is 10.2. The molecule has 0 bridgehead atoms. The van der Waals surface area contributed by atoms with Gasteiger partial charge >= 0.3 is 5.97 Å². The molecule has 2 aromatic rings. The maximum absolute atomic E-state index is 11.9. The number of halogens is 1. The molecule has 0 aliphatic heterocycles. The second kappa shape index (κ2) is 10.4. The molecule has 0 fully saturated rings. The summed E-state index contributed by atoms with van der Waals surface area (Å²) in [7, 11) is 0. The van der Waals surface area contributed by atoms with Crippen molar-refractivity contribution in [2.24, 2.45) is 0 Å². The smallest absolute Gasteiger partial charge is 0.306 e. The number of rotatable bonds is 7. The molecule has 2 aromatic carbocycles. The standard InChI is InChI=1S/C19H19BrN2O4/c20-16-9-5-4-8-15(16)19(25)22-21-17(23)10-11-18(24)26-13-12-14-6-2-1-3-7-14/h1-9H,10-13H2,(H,21,23)(H,22,25). The lowest BCUT2D eigenvalue weighted by Crippen LogP contribution is -2.41. The fourth-order valence-electron chi connectivity index (χ4n) is 2.12. The molecule has 0 atom stereocenters. The molecule has 0 spiro atoms. The van der Waals surface area contributed by atoms with Crippen LogP contribution in [0.1, 0.15) is 28.8 Å². The number of carbonyl (C=O) groups excluding carboxylic acids is 3. The third kappa shape index (κ3) is 6.68. The highest BCUT2D eigenvalue weighted by Gasteiger charge is 2.12. The molecule has 0 aliphatic rings. The molecule has 2 amide bonds. The molecule has 0 radical (unpaired) electrons. The normalized spacial score (nSPS) is 10.0. The fraction of sp³-hybridized carbons (Fsp3) is 0.211. The largest absolute Gasteiger partial charge is 0.465 e. The first-order valence-electron chi connectivity index (χ1n) is 8.09. The molecular formula is C19H19BrN2O4. The summed E-state index contributed by atoms with van der Waals surface area (Å²) in [5.41, 5.74) is 6.06. The molecule has 0 heterocycles. The van der Waals surface area contributed by atoms with Gasteiger partial charge in [0.05, 0.1) is 18.6 Å². The number of hydrazine groups is 1. The predicted molar refractivity (Wildman–Crippen MR) is 100 cm³/mol. The lowest BCUT2D eigenvalue weighted by Gasteiger charge is -2.08. The number of ether oxygens (including phenoxy) is 1. The summed E-state index contributed by atoms with van der Waals surface area (Å²) in [6.45, 7) is 0.267. The van der Waals surface area contributed by atoms with Gasteiger partial charge in [0, 0.05) is 17.3 Å². The van der Waals surface area contributed by atoms with E-state index in [1.807, 2.05) is 30.3 Å². The SMILES string of the molecule is O=C(CCC(=O)OCCc1ccccc1)NNC(=O)c1ccccc1Br. The van der Waals surface area contributed by atoms with Crippen molar-refractivity contribution in [3.8, 4) is 0 Å². The van der Waals surface area contributed by atoms with Gasteiger partial charge in [-0.3, -0.25) is 25.2 Å². The van der Waals surface area contributed by atoms with Crippen LogP contribution in [0.5, 0.6) is 0 Å². The predicted octanol–water partition coefficient (Wildman–Crippen LogP) is 2.78. The molecule has 2 N–H and O–H groups in total. The first kappa shape index (κ1) is 19.7. The summed E-state index contributed by atoms with van der Waals surface area (Å²) in [4.78, 5) is 35.3. The van der Waals surface area contributed by atoms with Gasteiger partial charge in [-0.15, -0.1) is 0 Å². The number of carbonyl (C=O) groups is 3. The maximum Gasteiger partial charge on any atom is 0.306 e. The molecule has 6 nitrogen and oxygen atoms in total.